The molecule has 20 heavy (non-hydrogen) atoms. The van der Waals surface area contributed by atoms with E-state index >= 15 is 0 Å². The largest absolute Gasteiger partial charge is 0.461 e. The molecule has 0 aliphatic heterocycles. The van der Waals surface area contributed by atoms with E-state index in [-0.39, 0.29) is 13.0 Å². The summed E-state index contributed by atoms with van der Waals surface area (Å²) in [5, 5.41) is -0.548. The summed E-state index contributed by atoms with van der Waals surface area (Å²) in [4.78, 5) is 22.4. The first-order chi connectivity index (χ1) is 9.16. The minimum absolute atomic E-state index is 0.0722. The second kappa shape index (κ2) is 8.99. The zero-order valence-corrected chi connectivity index (χ0v) is 12.7. The molecule has 0 spiro atoms. The van der Waals surface area contributed by atoms with Crippen molar-refractivity contribution < 1.29 is 32.2 Å². The summed E-state index contributed by atoms with van der Waals surface area (Å²) in [6.45, 7) is 3.72. The van der Waals surface area contributed by atoms with Gasteiger partial charge in [-0.15, -0.1) is 0 Å². The van der Waals surface area contributed by atoms with Crippen LogP contribution in [-0.2, 0) is 19.1 Å². The van der Waals surface area contributed by atoms with Crippen LogP contribution in [0.25, 0.3) is 0 Å². The topological polar surface area (TPSA) is 52.6 Å². The van der Waals surface area contributed by atoms with Crippen molar-refractivity contribution in [1.29, 1.82) is 0 Å². The van der Waals surface area contributed by atoms with Crippen molar-refractivity contribution >= 4 is 27.9 Å². The highest BCUT2D eigenvalue weighted by Gasteiger charge is 2.41. The third-order valence-electron chi connectivity index (χ3n) is 2.05. The van der Waals surface area contributed by atoms with Crippen LogP contribution in [0.15, 0.2) is 11.6 Å². The number of hydrogen-bond acceptors (Lipinski definition) is 4. The van der Waals surface area contributed by atoms with Crippen molar-refractivity contribution in [2.24, 2.45) is 0 Å². The molecule has 0 aromatic carbocycles. The Morgan fingerprint density at radius 2 is 1.75 bits per heavy atom. The highest BCUT2D eigenvalue weighted by Crippen LogP contribution is 2.24. The monoisotopic (exact) mass is 360 g/mol. The molecule has 8 heteroatoms. The number of halogens is 4. The number of rotatable bonds is 7. The SMILES string of the molecule is CC(C)=CCOC(=O)CCC(=O)OC(CBr)C(F)(F)F. The van der Waals surface area contributed by atoms with E-state index in [0.717, 1.165) is 5.57 Å². The van der Waals surface area contributed by atoms with Crippen LogP contribution in [0.3, 0.4) is 0 Å². The van der Waals surface area contributed by atoms with E-state index in [1.807, 2.05) is 13.8 Å². The predicted molar refractivity (Wildman–Crippen MR) is 69.4 cm³/mol. The molecule has 0 saturated carbocycles. The lowest BCUT2D eigenvalue weighted by molar-refractivity contribution is -0.214. The molecule has 0 fully saturated rings. The molecule has 1 atom stereocenters. The minimum Gasteiger partial charge on any atom is -0.461 e. The van der Waals surface area contributed by atoms with Crippen LogP contribution < -0.4 is 0 Å². The Labute approximate surface area is 123 Å². The van der Waals surface area contributed by atoms with E-state index in [1.54, 1.807) is 6.08 Å². The zero-order chi connectivity index (χ0) is 15.8. The maximum atomic E-state index is 12.3. The van der Waals surface area contributed by atoms with Crippen molar-refractivity contribution in [1.82, 2.24) is 0 Å². The van der Waals surface area contributed by atoms with Crippen LogP contribution in [0.5, 0.6) is 0 Å². The fraction of sp³-hybridized carbons (Fsp3) is 0.667. The van der Waals surface area contributed by atoms with Gasteiger partial charge < -0.3 is 9.47 Å². The summed E-state index contributed by atoms with van der Waals surface area (Å²) < 4.78 is 45.9. The van der Waals surface area contributed by atoms with Crippen LogP contribution in [0.1, 0.15) is 26.7 Å². The average Bonchev–Trinajstić information content (AvgIpc) is 2.31. The molecule has 0 rings (SSSR count). The maximum absolute atomic E-state index is 12.3. The van der Waals surface area contributed by atoms with Gasteiger partial charge >= 0.3 is 18.1 Å². The number of allylic oxidation sites excluding steroid dienone is 1. The second-order valence-corrected chi connectivity index (χ2v) is 4.79. The predicted octanol–water partition coefficient (Wildman–Crippen LogP) is 3.15. The quantitative estimate of drug-likeness (QED) is 0.397. The van der Waals surface area contributed by atoms with Gasteiger partial charge in [0.15, 0.2) is 0 Å². The van der Waals surface area contributed by atoms with Crippen molar-refractivity contribution in [2.45, 2.75) is 39.0 Å². The van der Waals surface area contributed by atoms with Gasteiger partial charge in [0.25, 0.3) is 0 Å². The van der Waals surface area contributed by atoms with E-state index in [9.17, 15) is 22.8 Å². The third-order valence-corrected chi connectivity index (χ3v) is 2.64. The molecule has 0 amide bonds. The average molecular weight is 361 g/mol. The third kappa shape index (κ3) is 8.95. The zero-order valence-electron chi connectivity index (χ0n) is 11.1. The van der Waals surface area contributed by atoms with Gasteiger partial charge in [-0.2, -0.15) is 13.2 Å². The first kappa shape index (κ1) is 18.9. The van der Waals surface area contributed by atoms with Gasteiger partial charge in [0, 0.05) is 5.33 Å². The van der Waals surface area contributed by atoms with E-state index in [2.05, 4.69) is 20.7 Å². The fourth-order valence-electron chi connectivity index (χ4n) is 0.981. The standard InChI is InChI=1S/C12H16BrF3O4/c1-8(2)5-6-19-10(17)3-4-11(18)20-9(7-13)12(14,15)16/h5,9H,3-4,6-7H2,1-2H3. The van der Waals surface area contributed by atoms with Crippen LogP contribution in [0.4, 0.5) is 13.2 Å². The van der Waals surface area contributed by atoms with Crippen LogP contribution in [0, 0.1) is 0 Å². The molecule has 0 bridgehead atoms. The maximum Gasteiger partial charge on any atom is 0.426 e. The molecule has 0 aromatic heterocycles. The minimum atomic E-state index is -4.64. The van der Waals surface area contributed by atoms with Crippen molar-refractivity contribution in [3.8, 4) is 0 Å². The smallest absolute Gasteiger partial charge is 0.426 e. The molecule has 116 valence electrons. The Morgan fingerprint density at radius 3 is 2.20 bits per heavy atom. The highest BCUT2D eigenvalue weighted by atomic mass is 79.9. The van der Waals surface area contributed by atoms with Crippen LogP contribution in [-0.4, -0.2) is 36.2 Å². The Balaban J connectivity index is 4.04. The Morgan fingerprint density at radius 1 is 1.20 bits per heavy atom. The van der Waals surface area contributed by atoms with Crippen molar-refractivity contribution in [3.05, 3.63) is 11.6 Å². The van der Waals surface area contributed by atoms with E-state index in [4.69, 9.17) is 4.74 Å². The number of alkyl halides is 4. The number of esters is 2. The van der Waals surface area contributed by atoms with Crippen molar-refractivity contribution in [3.63, 3.8) is 0 Å². The first-order valence-electron chi connectivity index (χ1n) is 5.78. The highest BCUT2D eigenvalue weighted by molar-refractivity contribution is 9.09. The molecular formula is C12H16BrF3O4. The molecule has 0 radical (unpaired) electrons. The second-order valence-electron chi connectivity index (χ2n) is 4.14. The number of carbonyl (C=O) groups excluding carboxylic acids is 2. The summed E-state index contributed by atoms with van der Waals surface area (Å²) in [6, 6.07) is 0. The van der Waals surface area contributed by atoms with Crippen LogP contribution in [0.2, 0.25) is 0 Å². The summed E-state index contributed by atoms with van der Waals surface area (Å²) in [7, 11) is 0. The summed E-state index contributed by atoms with van der Waals surface area (Å²) in [5.74, 6) is -1.76. The molecule has 4 nitrogen and oxygen atoms in total. The van der Waals surface area contributed by atoms with Gasteiger partial charge in [0.2, 0.25) is 6.10 Å². The van der Waals surface area contributed by atoms with Crippen LogP contribution >= 0.6 is 15.9 Å². The van der Waals surface area contributed by atoms with Gasteiger partial charge in [0.1, 0.15) is 6.61 Å². The number of hydrogen-bond donors (Lipinski definition) is 0. The lowest BCUT2D eigenvalue weighted by atomic mass is 10.3. The van der Waals surface area contributed by atoms with E-state index in [0.29, 0.717) is 0 Å². The summed E-state index contributed by atoms with van der Waals surface area (Å²) >= 11 is 2.61. The van der Waals surface area contributed by atoms with Gasteiger partial charge in [-0.1, -0.05) is 21.5 Å². The Hall–Kier alpha value is -1.05. The van der Waals surface area contributed by atoms with Gasteiger partial charge in [-0.25, -0.2) is 0 Å². The van der Waals surface area contributed by atoms with Crippen molar-refractivity contribution in [2.75, 3.05) is 11.9 Å². The van der Waals surface area contributed by atoms with Gasteiger partial charge in [-0.3, -0.25) is 9.59 Å². The van der Waals surface area contributed by atoms with E-state index in [1.165, 1.54) is 0 Å². The van der Waals surface area contributed by atoms with Gasteiger partial charge in [0.05, 0.1) is 12.8 Å². The summed E-state index contributed by atoms with van der Waals surface area (Å²) in [6.07, 6.45) is -5.95. The Bertz CT molecular complexity index is 362. The summed E-state index contributed by atoms with van der Waals surface area (Å²) in [5.41, 5.74) is 0.961. The molecule has 1 unspecified atom stereocenters. The molecule has 0 aliphatic carbocycles. The molecule has 0 saturated heterocycles. The number of carbonyl (C=O) groups is 2. The van der Waals surface area contributed by atoms with E-state index < -0.39 is 36.0 Å². The lowest BCUT2D eigenvalue weighted by Gasteiger charge is -2.18. The Kier molecular flexibility index (Phi) is 8.52. The first-order valence-corrected chi connectivity index (χ1v) is 6.90. The lowest BCUT2D eigenvalue weighted by Crippen LogP contribution is -2.35. The van der Waals surface area contributed by atoms with Gasteiger partial charge in [-0.05, 0) is 19.9 Å². The molecule has 0 heterocycles. The normalized spacial score (nSPS) is 12.5. The molecule has 0 aliphatic rings. The number of ether oxygens (including phenoxy) is 2. The molecule has 0 aromatic rings. The molecular weight excluding hydrogens is 345 g/mol. The fourth-order valence-corrected chi connectivity index (χ4v) is 1.48. The molecule has 0 N–H and O–H groups in total.